The average Bonchev–Trinajstić information content (AvgIpc) is 2.78. The molecule has 0 aromatic carbocycles. The molecule has 20 heavy (non-hydrogen) atoms. The summed E-state index contributed by atoms with van der Waals surface area (Å²) >= 11 is 0. The first-order valence-electron chi connectivity index (χ1n) is 6.67. The van der Waals surface area contributed by atoms with Crippen molar-refractivity contribution < 1.29 is 5.11 Å². The SMILES string of the molecule is CCC(Cn1c(=O)c2c(ncn2C)n(C)c1=O)C(C)O. The van der Waals surface area contributed by atoms with Crippen LogP contribution in [0, 0.1) is 5.92 Å². The number of aliphatic hydroxyl groups excluding tert-OH is 1. The predicted octanol–water partition coefficient (Wildman–Crippen LogP) is -0.159. The first kappa shape index (κ1) is 14.5. The summed E-state index contributed by atoms with van der Waals surface area (Å²) in [5.74, 6) is -0.133. The molecule has 0 bridgehead atoms. The van der Waals surface area contributed by atoms with Crippen molar-refractivity contribution in [1.82, 2.24) is 18.7 Å². The molecule has 2 atom stereocenters. The highest BCUT2D eigenvalue weighted by Gasteiger charge is 2.19. The predicted molar refractivity (Wildman–Crippen MR) is 75.7 cm³/mol. The zero-order valence-electron chi connectivity index (χ0n) is 12.2. The number of aromatic nitrogens is 4. The molecule has 2 rings (SSSR count). The van der Waals surface area contributed by atoms with E-state index in [1.807, 2.05) is 6.92 Å². The molecule has 7 nitrogen and oxygen atoms in total. The van der Waals surface area contributed by atoms with Gasteiger partial charge in [0, 0.05) is 26.6 Å². The van der Waals surface area contributed by atoms with E-state index < -0.39 is 11.8 Å². The Balaban J connectivity index is 2.68. The summed E-state index contributed by atoms with van der Waals surface area (Å²) in [6.07, 6.45) is 1.64. The van der Waals surface area contributed by atoms with Gasteiger partial charge >= 0.3 is 5.69 Å². The molecule has 2 heterocycles. The Morgan fingerprint density at radius 3 is 2.55 bits per heavy atom. The largest absolute Gasteiger partial charge is 0.393 e. The van der Waals surface area contributed by atoms with E-state index in [0.717, 1.165) is 0 Å². The van der Waals surface area contributed by atoms with Crippen LogP contribution in [0.1, 0.15) is 20.3 Å². The molecule has 2 aromatic heterocycles. The number of imidazole rings is 1. The van der Waals surface area contributed by atoms with Gasteiger partial charge in [0.15, 0.2) is 11.2 Å². The highest BCUT2D eigenvalue weighted by Crippen LogP contribution is 2.10. The Bertz CT molecular complexity index is 738. The number of hydrogen-bond donors (Lipinski definition) is 1. The summed E-state index contributed by atoms with van der Waals surface area (Å²) in [7, 11) is 3.31. The van der Waals surface area contributed by atoms with Gasteiger partial charge in [0.2, 0.25) is 0 Å². The minimum Gasteiger partial charge on any atom is -0.393 e. The molecule has 0 aliphatic rings. The molecule has 7 heteroatoms. The molecule has 0 aliphatic carbocycles. The van der Waals surface area contributed by atoms with Crippen molar-refractivity contribution in [3.8, 4) is 0 Å². The van der Waals surface area contributed by atoms with E-state index in [2.05, 4.69) is 4.98 Å². The fraction of sp³-hybridized carbons (Fsp3) is 0.615. The topological polar surface area (TPSA) is 82.0 Å². The van der Waals surface area contributed by atoms with Crippen LogP contribution in [0.15, 0.2) is 15.9 Å². The van der Waals surface area contributed by atoms with E-state index in [1.54, 1.807) is 25.6 Å². The van der Waals surface area contributed by atoms with Gasteiger partial charge in [-0.25, -0.2) is 9.78 Å². The molecular weight excluding hydrogens is 260 g/mol. The summed E-state index contributed by atoms with van der Waals surface area (Å²) in [6, 6.07) is 0. The van der Waals surface area contributed by atoms with Crippen LogP contribution in [-0.4, -0.2) is 29.9 Å². The van der Waals surface area contributed by atoms with Crippen LogP contribution in [0.3, 0.4) is 0 Å². The van der Waals surface area contributed by atoms with Crippen molar-refractivity contribution in [3.05, 3.63) is 27.2 Å². The fourth-order valence-corrected chi connectivity index (χ4v) is 2.41. The maximum Gasteiger partial charge on any atom is 0.332 e. The second-order valence-corrected chi connectivity index (χ2v) is 5.19. The van der Waals surface area contributed by atoms with Crippen molar-refractivity contribution in [2.45, 2.75) is 32.9 Å². The monoisotopic (exact) mass is 280 g/mol. The van der Waals surface area contributed by atoms with E-state index in [4.69, 9.17) is 0 Å². The normalized spacial score (nSPS) is 14.7. The van der Waals surface area contributed by atoms with Gasteiger partial charge in [0.25, 0.3) is 5.56 Å². The maximum atomic E-state index is 12.5. The molecule has 0 radical (unpaired) electrons. The Morgan fingerprint density at radius 2 is 2.00 bits per heavy atom. The lowest BCUT2D eigenvalue weighted by molar-refractivity contribution is 0.110. The molecule has 1 N–H and O–H groups in total. The standard InChI is InChI=1S/C13H20N4O3/c1-5-9(8(2)18)6-17-12(19)10-11(14-7-15(10)3)16(4)13(17)20/h7-9,18H,5-6H2,1-4H3. The third kappa shape index (κ3) is 2.18. The van der Waals surface area contributed by atoms with Crippen LogP contribution in [0.5, 0.6) is 0 Å². The zero-order chi connectivity index (χ0) is 15.0. The van der Waals surface area contributed by atoms with Crippen molar-refractivity contribution in [3.63, 3.8) is 0 Å². The van der Waals surface area contributed by atoms with Crippen LogP contribution < -0.4 is 11.2 Å². The Kier molecular flexibility index (Phi) is 3.80. The summed E-state index contributed by atoms with van der Waals surface area (Å²) < 4.78 is 4.16. The van der Waals surface area contributed by atoms with Crippen LogP contribution in [-0.2, 0) is 20.6 Å². The van der Waals surface area contributed by atoms with Gasteiger partial charge in [0.05, 0.1) is 12.4 Å². The van der Waals surface area contributed by atoms with E-state index in [-0.39, 0.29) is 18.0 Å². The van der Waals surface area contributed by atoms with Gasteiger partial charge in [0.1, 0.15) is 0 Å². The molecule has 0 saturated carbocycles. The number of nitrogens with zero attached hydrogens (tertiary/aromatic N) is 4. The highest BCUT2D eigenvalue weighted by molar-refractivity contribution is 5.69. The molecule has 110 valence electrons. The highest BCUT2D eigenvalue weighted by atomic mass is 16.3. The molecule has 2 aromatic rings. The third-order valence-corrected chi connectivity index (χ3v) is 3.82. The van der Waals surface area contributed by atoms with Crippen molar-refractivity contribution in [2.24, 2.45) is 20.0 Å². The van der Waals surface area contributed by atoms with Gasteiger partial charge in [-0.05, 0) is 13.3 Å². The first-order valence-corrected chi connectivity index (χ1v) is 6.67. The van der Waals surface area contributed by atoms with Gasteiger partial charge < -0.3 is 9.67 Å². The van der Waals surface area contributed by atoms with Crippen LogP contribution in [0.25, 0.3) is 11.2 Å². The summed E-state index contributed by atoms with van der Waals surface area (Å²) in [5, 5.41) is 9.71. The van der Waals surface area contributed by atoms with E-state index in [1.165, 1.54) is 15.5 Å². The number of aliphatic hydroxyl groups is 1. The third-order valence-electron chi connectivity index (χ3n) is 3.82. The number of rotatable bonds is 4. The van der Waals surface area contributed by atoms with Gasteiger partial charge in [-0.2, -0.15) is 0 Å². The van der Waals surface area contributed by atoms with Gasteiger partial charge in [-0.3, -0.25) is 13.9 Å². The van der Waals surface area contributed by atoms with Crippen molar-refractivity contribution in [1.29, 1.82) is 0 Å². The molecule has 0 spiro atoms. The fourth-order valence-electron chi connectivity index (χ4n) is 2.41. The van der Waals surface area contributed by atoms with Crippen LogP contribution in [0.2, 0.25) is 0 Å². The summed E-state index contributed by atoms with van der Waals surface area (Å²) in [5.41, 5.74) is 0.0129. The first-order chi connectivity index (χ1) is 9.38. The average molecular weight is 280 g/mol. The minimum absolute atomic E-state index is 0.133. The molecule has 0 amide bonds. The molecule has 0 saturated heterocycles. The number of hydrogen-bond acceptors (Lipinski definition) is 4. The minimum atomic E-state index is -0.571. The smallest absolute Gasteiger partial charge is 0.332 e. The Labute approximate surface area is 116 Å². The van der Waals surface area contributed by atoms with E-state index in [0.29, 0.717) is 17.6 Å². The van der Waals surface area contributed by atoms with Crippen LogP contribution >= 0.6 is 0 Å². The molecule has 2 unspecified atom stereocenters. The van der Waals surface area contributed by atoms with E-state index in [9.17, 15) is 14.7 Å². The number of aryl methyl sites for hydroxylation is 2. The van der Waals surface area contributed by atoms with Crippen molar-refractivity contribution in [2.75, 3.05) is 0 Å². The second kappa shape index (κ2) is 5.24. The number of fused-ring (bicyclic) bond motifs is 1. The second-order valence-electron chi connectivity index (χ2n) is 5.19. The van der Waals surface area contributed by atoms with Gasteiger partial charge in [-0.1, -0.05) is 6.92 Å². The lowest BCUT2D eigenvalue weighted by Gasteiger charge is -2.19. The summed E-state index contributed by atoms with van der Waals surface area (Å²) in [4.78, 5) is 28.8. The van der Waals surface area contributed by atoms with E-state index >= 15 is 0 Å². The lowest BCUT2D eigenvalue weighted by Crippen LogP contribution is -2.42. The Hall–Kier alpha value is -1.89. The molecular formula is C13H20N4O3. The summed E-state index contributed by atoms with van der Waals surface area (Å²) in [6.45, 7) is 3.81. The zero-order valence-corrected chi connectivity index (χ0v) is 12.2. The molecule has 0 aliphatic heterocycles. The van der Waals surface area contributed by atoms with Crippen molar-refractivity contribution >= 4 is 11.2 Å². The maximum absolute atomic E-state index is 12.5. The Morgan fingerprint density at radius 1 is 1.35 bits per heavy atom. The van der Waals surface area contributed by atoms with Crippen LogP contribution in [0.4, 0.5) is 0 Å². The lowest BCUT2D eigenvalue weighted by atomic mass is 10.0. The van der Waals surface area contributed by atoms with Gasteiger partial charge in [-0.15, -0.1) is 0 Å². The quantitative estimate of drug-likeness (QED) is 0.843. The molecule has 0 fully saturated rings.